The second-order valence-corrected chi connectivity index (χ2v) is 9.79. The third-order valence-corrected chi connectivity index (χ3v) is 7.15. The van der Waals surface area contributed by atoms with Crippen molar-refractivity contribution in [2.45, 2.75) is 104 Å². The third-order valence-electron chi connectivity index (χ3n) is 7.15. The first kappa shape index (κ1) is 30.8. The molecule has 0 saturated carbocycles. The van der Waals surface area contributed by atoms with Crippen LogP contribution in [0.5, 0.6) is 0 Å². The van der Waals surface area contributed by atoms with Crippen LogP contribution >= 0.6 is 0 Å². The SMILES string of the molecule is CCCCCCCC(CCCO)C(CCCO)(CCC(C)(C)CN)C(OC)(OC)OC. The lowest BCUT2D eigenvalue weighted by molar-refractivity contribution is -0.420. The normalized spacial score (nSPS) is 15.8. The second kappa shape index (κ2) is 16.4. The first-order valence-corrected chi connectivity index (χ1v) is 12.4. The van der Waals surface area contributed by atoms with E-state index in [0.29, 0.717) is 13.0 Å². The van der Waals surface area contributed by atoms with E-state index >= 15 is 0 Å². The van der Waals surface area contributed by atoms with Crippen molar-refractivity contribution in [3.63, 3.8) is 0 Å². The maximum absolute atomic E-state index is 9.74. The molecule has 188 valence electrons. The molecular formula is C25H53NO5. The van der Waals surface area contributed by atoms with E-state index in [1.807, 2.05) is 0 Å². The van der Waals surface area contributed by atoms with Gasteiger partial charge in [0.25, 0.3) is 5.97 Å². The lowest BCUT2D eigenvalue weighted by Crippen LogP contribution is -2.57. The minimum absolute atomic E-state index is 0.0198. The number of ether oxygens (including phenoxy) is 3. The van der Waals surface area contributed by atoms with Crippen LogP contribution in [0.1, 0.15) is 97.8 Å². The predicted octanol–water partition coefficient (Wildman–Crippen LogP) is 4.85. The molecule has 0 aliphatic rings. The van der Waals surface area contributed by atoms with Gasteiger partial charge in [0.15, 0.2) is 0 Å². The van der Waals surface area contributed by atoms with E-state index < -0.39 is 11.4 Å². The van der Waals surface area contributed by atoms with Crippen LogP contribution in [-0.4, -0.2) is 57.3 Å². The molecule has 0 aromatic carbocycles. The summed E-state index contributed by atoms with van der Waals surface area (Å²) in [6, 6.07) is 0. The smallest absolute Gasteiger partial charge is 0.288 e. The van der Waals surface area contributed by atoms with Crippen molar-refractivity contribution in [2.75, 3.05) is 41.1 Å². The van der Waals surface area contributed by atoms with Gasteiger partial charge in [-0.2, -0.15) is 0 Å². The Balaban J connectivity index is 6.17. The van der Waals surface area contributed by atoms with E-state index in [1.165, 1.54) is 25.7 Å². The van der Waals surface area contributed by atoms with Crippen LogP contribution in [0.25, 0.3) is 0 Å². The van der Waals surface area contributed by atoms with Gasteiger partial charge < -0.3 is 30.2 Å². The molecule has 0 radical (unpaired) electrons. The highest BCUT2D eigenvalue weighted by atomic mass is 16.9. The van der Waals surface area contributed by atoms with Crippen molar-refractivity contribution in [2.24, 2.45) is 22.5 Å². The third kappa shape index (κ3) is 9.26. The number of unbranched alkanes of at least 4 members (excludes halogenated alkanes) is 4. The fourth-order valence-corrected chi connectivity index (χ4v) is 5.04. The van der Waals surface area contributed by atoms with Gasteiger partial charge in [0.2, 0.25) is 0 Å². The standard InChI is InChI=1S/C25H53NO5/c1-7-8-9-10-11-14-22(15-12-19-27)24(16-13-20-28,18-17-23(2,3)21-26)25(29-4,30-5)31-6/h22,27-28H,7-21,26H2,1-6H3. The zero-order valence-corrected chi connectivity index (χ0v) is 21.4. The summed E-state index contributed by atoms with van der Waals surface area (Å²) in [5, 5.41) is 19.4. The number of hydrogen-bond acceptors (Lipinski definition) is 6. The molecule has 0 aromatic heterocycles. The quantitative estimate of drug-likeness (QED) is 0.172. The molecule has 0 fully saturated rings. The summed E-state index contributed by atoms with van der Waals surface area (Å²) < 4.78 is 18.0. The highest BCUT2D eigenvalue weighted by Crippen LogP contribution is 2.54. The maximum atomic E-state index is 9.74. The van der Waals surface area contributed by atoms with Crippen molar-refractivity contribution < 1.29 is 24.4 Å². The number of methoxy groups -OCH3 is 3. The van der Waals surface area contributed by atoms with E-state index in [2.05, 4.69) is 20.8 Å². The zero-order chi connectivity index (χ0) is 23.8. The second-order valence-electron chi connectivity index (χ2n) is 9.79. The minimum Gasteiger partial charge on any atom is -0.396 e. The Labute approximate surface area is 192 Å². The van der Waals surface area contributed by atoms with Crippen molar-refractivity contribution in [1.29, 1.82) is 0 Å². The summed E-state index contributed by atoms with van der Waals surface area (Å²) >= 11 is 0. The molecule has 0 rings (SSSR count). The number of hydrogen-bond donors (Lipinski definition) is 3. The largest absolute Gasteiger partial charge is 0.396 e. The van der Waals surface area contributed by atoms with Gasteiger partial charge in [0, 0.05) is 34.5 Å². The average Bonchev–Trinajstić information content (AvgIpc) is 2.78. The van der Waals surface area contributed by atoms with Gasteiger partial charge >= 0.3 is 0 Å². The van der Waals surface area contributed by atoms with Crippen LogP contribution in [0.15, 0.2) is 0 Å². The van der Waals surface area contributed by atoms with E-state index in [1.54, 1.807) is 21.3 Å². The minimum atomic E-state index is -1.21. The van der Waals surface area contributed by atoms with E-state index in [4.69, 9.17) is 19.9 Å². The lowest BCUT2D eigenvalue weighted by Gasteiger charge is -2.52. The van der Waals surface area contributed by atoms with Gasteiger partial charge in [-0.3, -0.25) is 0 Å². The summed E-state index contributed by atoms with van der Waals surface area (Å²) in [5.41, 5.74) is 5.58. The molecule has 0 spiro atoms. The van der Waals surface area contributed by atoms with E-state index in [-0.39, 0.29) is 24.5 Å². The number of aliphatic hydroxyl groups excluding tert-OH is 2. The topological polar surface area (TPSA) is 94.2 Å². The van der Waals surface area contributed by atoms with Gasteiger partial charge in [-0.25, -0.2) is 0 Å². The van der Waals surface area contributed by atoms with Crippen LogP contribution in [0.4, 0.5) is 0 Å². The van der Waals surface area contributed by atoms with Crippen molar-refractivity contribution in [1.82, 2.24) is 0 Å². The molecule has 0 heterocycles. The van der Waals surface area contributed by atoms with E-state index in [0.717, 1.165) is 44.9 Å². The van der Waals surface area contributed by atoms with Gasteiger partial charge in [-0.15, -0.1) is 0 Å². The zero-order valence-electron chi connectivity index (χ0n) is 21.4. The van der Waals surface area contributed by atoms with Crippen molar-refractivity contribution in [3.05, 3.63) is 0 Å². The van der Waals surface area contributed by atoms with Gasteiger partial charge in [0.1, 0.15) is 0 Å². The number of nitrogens with two attached hydrogens (primary N) is 1. The average molecular weight is 448 g/mol. The summed E-state index contributed by atoms with van der Waals surface area (Å²) in [5.74, 6) is -0.975. The molecule has 4 N–H and O–H groups in total. The molecule has 0 aliphatic heterocycles. The summed E-state index contributed by atoms with van der Waals surface area (Å²) in [6.07, 6.45) is 11.8. The summed E-state index contributed by atoms with van der Waals surface area (Å²) in [7, 11) is 4.91. The van der Waals surface area contributed by atoms with Crippen LogP contribution in [0.2, 0.25) is 0 Å². The molecule has 6 nitrogen and oxygen atoms in total. The summed E-state index contributed by atoms with van der Waals surface area (Å²) in [4.78, 5) is 0. The molecule has 0 amide bonds. The Bertz CT molecular complexity index is 420. The van der Waals surface area contributed by atoms with Gasteiger partial charge in [0.05, 0.1) is 5.41 Å². The first-order chi connectivity index (χ1) is 14.8. The van der Waals surface area contributed by atoms with Crippen molar-refractivity contribution in [3.8, 4) is 0 Å². The highest BCUT2D eigenvalue weighted by Gasteiger charge is 2.57. The van der Waals surface area contributed by atoms with Gasteiger partial charge in [-0.1, -0.05) is 52.9 Å². The van der Waals surface area contributed by atoms with E-state index in [9.17, 15) is 10.2 Å². The lowest BCUT2D eigenvalue weighted by atomic mass is 9.62. The fraction of sp³-hybridized carbons (Fsp3) is 1.00. The molecular weight excluding hydrogens is 394 g/mol. The molecule has 0 bridgehead atoms. The monoisotopic (exact) mass is 447 g/mol. The van der Waals surface area contributed by atoms with Crippen molar-refractivity contribution >= 4 is 0 Å². The molecule has 2 atom stereocenters. The van der Waals surface area contributed by atoms with Crippen LogP contribution in [0, 0.1) is 16.7 Å². The van der Waals surface area contributed by atoms with Crippen LogP contribution < -0.4 is 5.73 Å². The van der Waals surface area contributed by atoms with Crippen LogP contribution in [-0.2, 0) is 14.2 Å². The highest BCUT2D eigenvalue weighted by molar-refractivity contribution is 4.96. The first-order valence-electron chi connectivity index (χ1n) is 12.4. The molecule has 6 heteroatoms. The molecule has 31 heavy (non-hydrogen) atoms. The Kier molecular flexibility index (Phi) is 16.3. The number of aliphatic hydroxyl groups is 2. The van der Waals surface area contributed by atoms with Crippen LogP contribution in [0.3, 0.4) is 0 Å². The number of rotatable bonds is 21. The summed E-state index contributed by atoms with van der Waals surface area (Å²) in [6.45, 7) is 7.47. The molecule has 2 unspecified atom stereocenters. The molecule has 0 aliphatic carbocycles. The Hall–Kier alpha value is -0.240. The fourth-order valence-electron chi connectivity index (χ4n) is 5.04. The molecule has 0 aromatic rings. The Morgan fingerprint density at radius 2 is 1.29 bits per heavy atom. The predicted molar refractivity (Wildman–Crippen MR) is 128 cm³/mol. The molecule has 0 saturated heterocycles. The Morgan fingerprint density at radius 3 is 1.77 bits per heavy atom. The maximum Gasteiger partial charge on any atom is 0.288 e. The van der Waals surface area contributed by atoms with Gasteiger partial charge in [-0.05, 0) is 62.8 Å². The Morgan fingerprint density at radius 1 is 0.742 bits per heavy atom.